The van der Waals surface area contributed by atoms with Gasteiger partial charge in [0.15, 0.2) is 0 Å². The summed E-state index contributed by atoms with van der Waals surface area (Å²) >= 11 is 0. The molecule has 1 atom stereocenters. The minimum atomic E-state index is 1.07. The molecule has 0 bridgehead atoms. The average Bonchev–Trinajstić information content (AvgIpc) is 1.70. The van der Waals surface area contributed by atoms with Gasteiger partial charge in [0.25, 0.3) is 0 Å². The predicted molar refractivity (Wildman–Crippen MR) is 41.8 cm³/mol. The van der Waals surface area contributed by atoms with E-state index in [0.29, 0.717) is 0 Å². The third kappa shape index (κ3) is 2.44. The van der Waals surface area contributed by atoms with Crippen LogP contribution in [0.4, 0.5) is 0 Å². The third-order valence-corrected chi connectivity index (χ3v) is 1.22. The summed E-state index contributed by atoms with van der Waals surface area (Å²) in [7, 11) is 2.62. The Morgan fingerprint density at radius 1 is 1.50 bits per heavy atom. The van der Waals surface area contributed by atoms with Crippen molar-refractivity contribution in [2.24, 2.45) is 0 Å². The van der Waals surface area contributed by atoms with Gasteiger partial charge in [0, 0.05) is 13.1 Å². The van der Waals surface area contributed by atoms with Crippen LogP contribution < -0.4 is 0 Å². The highest BCUT2D eigenvalue weighted by Crippen LogP contribution is 2.14. The molecule has 1 fully saturated rings. The Kier molecular flexibility index (Phi) is 4.12. The van der Waals surface area contributed by atoms with Crippen molar-refractivity contribution < 1.29 is 0 Å². The number of hydrogen-bond donors (Lipinski definition) is 0. The molecule has 0 aromatic rings. The Morgan fingerprint density at radius 3 is 1.88 bits per heavy atom. The highest BCUT2D eigenvalue weighted by molar-refractivity contribution is 7.13. The number of hydrogen-bond acceptors (Lipinski definition) is 1. The maximum Gasteiger partial charge on any atom is 0.0240 e. The van der Waals surface area contributed by atoms with Gasteiger partial charge < -0.3 is 0 Å². The molecule has 0 spiro atoms. The SMILES string of the molecule is C=C1CN(P)C1.CC. The van der Waals surface area contributed by atoms with Crippen molar-refractivity contribution >= 4 is 9.39 Å². The van der Waals surface area contributed by atoms with Gasteiger partial charge in [-0.2, -0.15) is 0 Å². The molecule has 1 heterocycles. The zero-order chi connectivity index (χ0) is 6.57. The molecule has 0 aromatic heterocycles. The summed E-state index contributed by atoms with van der Waals surface area (Å²) in [6, 6.07) is 0. The lowest BCUT2D eigenvalue weighted by atomic mass is 10.2. The van der Waals surface area contributed by atoms with Gasteiger partial charge in [0.1, 0.15) is 0 Å². The van der Waals surface area contributed by atoms with Gasteiger partial charge in [-0.3, -0.25) is 4.67 Å². The molecule has 2 heteroatoms. The van der Waals surface area contributed by atoms with Crippen LogP contribution in [0.2, 0.25) is 0 Å². The fourth-order valence-electron chi connectivity index (χ4n) is 0.528. The predicted octanol–water partition coefficient (Wildman–Crippen LogP) is 1.67. The highest BCUT2D eigenvalue weighted by Gasteiger charge is 2.11. The summed E-state index contributed by atoms with van der Waals surface area (Å²) in [5, 5.41) is 0. The van der Waals surface area contributed by atoms with Crippen LogP contribution in [-0.2, 0) is 0 Å². The van der Waals surface area contributed by atoms with Crippen LogP contribution in [-0.4, -0.2) is 17.8 Å². The minimum Gasteiger partial charge on any atom is -0.279 e. The largest absolute Gasteiger partial charge is 0.279 e. The fourth-order valence-corrected chi connectivity index (χ4v) is 1.04. The molecule has 0 amide bonds. The zero-order valence-corrected chi connectivity index (χ0v) is 6.80. The van der Waals surface area contributed by atoms with Crippen molar-refractivity contribution in [3.63, 3.8) is 0 Å². The van der Waals surface area contributed by atoms with Gasteiger partial charge in [-0.05, 0) is 5.57 Å². The van der Waals surface area contributed by atoms with E-state index in [1.54, 1.807) is 0 Å². The first-order chi connectivity index (χ1) is 3.79. The summed E-state index contributed by atoms with van der Waals surface area (Å²) in [6.45, 7) is 9.90. The van der Waals surface area contributed by atoms with Gasteiger partial charge in [0.05, 0.1) is 0 Å². The van der Waals surface area contributed by atoms with Crippen molar-refractivity contribution in [1.82, 2.24) is 4.67 Å². The van der Waals surface area contributed by atoms with Crippen LogP contribution in [0, 0.1) is 0 Å². The first-order valence-electron chi connectivity index (χ1n) is 2.95. The molecule has 0 radical (unpaired) electrons. The van der Waals surface area contributed by atoms with Gasteiger partial charge in [0.2, 0.25) is 0 Å². The highest BCUT2D eigenvalue weighted by atomic mass is 31.0. The topological polar surface area (TPSA) is 3.24 Å². The molecule has 48 valence electrons. The van der Waals surface area contributed by atoms with E-state index in [0.717, 1.165) is 13.1 Å². The molecule has 1 aliphatic heterocycles. The van der Waals surface area contributed by atoms with E-state index >= 15 is 0 Å². The van der Waals surface area contributed by atoms with Crippen molar-refractivity contribution in [3.8, 4) is 0 Å². The molecule has 1 aliphatic rings. The molecule has 0 aromatic carbocycles. The van der Waals surface area contributed by atoms with E-state index in [-0.39, 0.29) is 0 Å². The number of nitrogens with zero attached hydrogens (tertiary/aromatic N) is 1. The van der Waals surface area contributed by atoms with Crippen molar-refractivity contribution in [1.29, 1.82) is 0 Å². The molecule has 1 unspecified atom stereocenters. The summed E-state index contributed by atoms with van der Waals surface area (Å²) in [6.07, 6.45) is 0. The molecule has 0 saturated carbocycles. The zero-order valence-electron chi connectivity index (χ0n) is 5.65. The second kappa shape index (κ2) is 4.05. The summed E-state index contributed by atoms with van der Waals surface area (Å²) in [5.41, 5.74) is 1.34. The smallest absolute Gasteiger partial charge is 0.0240 e. The molecule has 0 aliphatic carbocycles. The van der Waals surface area contributed by atoms with Gasteiger partial charge in [-0.15, -0.1) is 0 Å². The van der Waals surface area contributed by atoms with Gasteiger partial charge in [-0.1, -0.05) is 29.8 Å². The summed E-state index contributed by atoms with van der Waals surface area (Å²) in [4.78, 5) is 0. The lowest BCUT2D eigenvalue weighted by Crippen LogP contribution is -2.30. The molecule has 0 N–H and O–H groups in total. The molecule has 8 heavy (non-hydrogen) atoms. The van der Waals surface area contributed by atoms with E-state index in [1.807, 2.05) is 13.8 Å². The van der Waals surface area contributed by atoms with Crippen LogP contribution in [0.1, 0.15) is 13.8 Å². The molecule has 1 saturated heterocycles. The maximum absolute atomic E-state index is 3.76. The second-order valence-corrected chi connectivity index (χ2v) is 2.39. The summed E-state index contributed by atoms with van der Waals surface area (Å²) in [5.74, 6) is 0. The molecule has 1 nitrogen and oxygen atoms in total. The number of rotatable bonds is 0. The Morgan fingerprint density at radius 2 is 1.88 bits per heavy atom. The normalized spacial score (nSPS) is 18.6. The molecular formula is C6H14NP. The second-order valence-electron chi connectivity index (χ2n) is 1.65. The third-order valence-electron chi connectivity index (χ3n) is 0.853. The summed E-state index contributed by atoms with van der Waals surface area (Å²) < 4.78 is 2.14. The first-order valence-corrected chi connectivity index (χ1v) is 3.47. The quantitative estimate of drug-likeness (QED) is 0.357. The Balaban J connectivity index is 0.000000222. The van der Waals surface area contributed by atoms with Crippen LogP contribution in [0.25, 0.3) is 0 Å². The fraction of sp³-hybridized carbons (Fsp3) is 0.667. The van der Waals surface area contributed by atoms with Crippen LogP contribution in [0.15, 0.2) is 12.2 Å². The van der Waals surface area contributed by atoms with Crippen LogP contribution in [0.5, 0.6) is 0 Å². The van der Waals surface area contributed by atoms with Crippen molar-refractivity contribution in [2.45, 2.75) is 13.8 Å². The first kappa shape index (κ1) is 8.13. The Hall–Kier alpha value is 0.130. The van der Waals surface area contributed by atoms with E-state index in [4.69, 9.17) is 0 Å². The lowest BCUT2D eigenvalue weighted by Gasteiger charge is -2.27. The van der Waals surface area contributed by atoms with Gasteiger partial charge in [-0.25, -0.2) is 0 Å². The van der Waals surface area contributed by atoms with Gasteiger partial charge >= 0.3 is 0 Å². The standard InChI is InChI=1S/C4H8NP.C2H6/c1-4-2-5(6)3-4;1-2/h1-3,6H2;1-2H3. The van der Waals surface area contributed by atoms with Crippen molar-refractivity contribution in [2.75, 3.05) is 13.1 Å². The Labute approximate surface area is 54.0 Å². The van der Waals surface area contributed by atoms with Crippen LogP contribution in [0.3, 0.4) is 0 Å². The van der Waals surface area contributed by atoms with Crippen molar-refractivity contribution in [3.05, 3.63) is 12.2 Å². The molecular weight excluding hydrogens is 117 g/mol. The monoisotopic (exact) mass is 131 g/mol. The molecule has 1 rings (SSSR count). The minimum absolute atomic E-state index is 1.07. The van der Waals surface area contributed by atoms with E-state index < -0.39 is 0 Å². The van der Waals surface area contributed by atoms with E-state index in [9.17, 15) is 0 Å². The van der Waals surface area contributed by atoms with E-state index in [1.165, 1.54) is 5.57 Å². The lowest BCUT2D eigenvalue weighted by molar-refractivity contribution is 0.448. The van der Waals surface area contributed by atoms with E-state index in [2.05, 4.69) is 20.6 Å². The average molecular weight is 131 g/mol. The maximum atomic E-state index is 3.76. The van der Waals surface area contributed by atoms with Crippen LogP contribution >= 0.6 is 9.39 Å². The Bertz CT molecular complexity index is 72.6.